The number of fused-ring (bicyclic) bond motifs is 1. The van der Waals surface area contributed by atoms with Crippen LogP contribution in [0.3, 0.4) is 0 Å². The fourth-order valence-corrected chi connectivity index (χ4v) is 4.02. The van der Waals surface area contributed by atoms with E-state index in [0.29, 0.717) is 28.4 Å². The summed E-state index contributed by atoms with van der Waals surface area (Å²) in [6, 6.07) is 36.1. The minimum Gasteiger partial charge on any atom is -0.446 e. The highest BCUT2D eigenvalue weighted by molar-refractivity contribution is 6.04. The number of hydrogen-bond donors (Lipinski definition) is 1. The number of aryl methyl sites for hydroxylation is 1. The summed E-state index contributed by atoms with van der Waals surface area (Å²) in [5, 5.41) is 5.89. The third kappa shape index (κ3) is 6.52. The molecule has 198 valence electrons. The Morgan fingerprint density at radius 1 is 0.750 bits per heavy atom. The summed E-state index contributed by atoms with van der Waals surface area (Å²) in [7, 11) is 0. The maximum Gasteiger partial charge on any atom is 0.343 e. The van der Waals surface area contributed by atoms with Crippen LogP contribution in [0.1, 0.15) is 21.5 Å². The fourth-order valence-electron chi connectivity index (χ4n) is 4.02. The molecule has 1 N–H and O–H groups in total. The average molecular weight is 531 g/mol. The molecule has 7 heteroatoms. The van der Waals surface area contributed by atoms with E-state index in [2.05, 4.69) is 10.5 Å². The number of nitrogens with zero attached hydrogens (tertiary/aromatic N) is 1. The summed E-state index contributed by atoms with van der Waals surface area (Å²) < 4.78 is 17.4. The van der Waals surface area contributed by atoms with Crippen LogP contribution in [-0.4, -0.2) is 24.4 Å². The first-order chi connectivity index (χ1) is 19.6. The summed E-state index contributed by atoms with van der Waals surface area (Å²) in [5.74, 6) is 0.109. The lowest BCUT2D eigenvalue weighted by Gasteiger charge is -2.18. The standard InChI is InChI=1S/C33H26N2O5/c1-23-11-10-13-25(21-23)32(37)40-30-20-19-24-12-8-9-18-28(24)29(30)22-34-35-31(36)33(38-26-14-4-2-5-15-26)39-27-16-6-3-7-17-27/h2-22,33H,1H3,(H,35,36)/b34-22+. The fraction of sp³-hybridized carbons (Fsp3) is 0.0606. The van der Waals surface area contributed by atoms with Gasteiger partial charge in [-0.25, -0.2) is 10.2 Å². The topological polar surface area (TPSA) is 86.2 Å². The first-order valence-electron chi connectivity index (χ1n) is 12.6. The average Bonchev–Trinajstić information content (AvgIpc) is 2.98. The molecular weight excluding hydrogens is 504 g/mol. The van der Waals surface area contributed by atoms with Gasteiger partial charge in [-0.2, -0.15) is 5.10 Å². The van der Waals surface area contributed by atoms with Crippen molar-refractivity contribution in [3.05, 3.63) is 138 Å². The third-order valence-electron chi connectivity index (χ3n) is 5.94. The van der Waals surface area contributed by atoms with E-state index in [1.165, 1.54) is 6.21 Å². The molecule has 0 saturated carbocycles. The van der Waals surface area contributed by atoms with Gasteiger partial charge in [0.2, 0.25) is 0 Å². The monoisotopic (exact) mass is 530 g/mol. The molecule has 0 fully saturated rings. The van der Waals surface area contributed by atoms with Gasteiger partial charge in [0.05, 0.1) is 11.8 Å². The van der Waals surface area contributed by atoms with Gasteiger partial charge in [-0.05, 0) is 60.2 Å². The summed E-state index contributed by atoms with van der Waals surface area (Å²) in [5.41, 5.74) is 4.41. The van der Waals surface area contributed by atoms with Crippen LogP contribution in [0.25, 0.3) is 10.8 Å². The molecule has 0 bridgehead atoms. The molecule has 40 heavy (non-hydrogen) atoms. The highest BCUT2D eigenvalue weighted by Gasteiger charge is 2.23. The number of esters is 1. The van der Waals surface area contributed by atoms with E-state index >= 15 is 0 Å². The maximum absolute atomic E-state index is 13.1. The number of hydrogen-bond acceptors (Lipinski definition) is 6. The Kier molecular flexibility index (Phi) is 8.12. The number of carbonyl (C=O) groups is 2. The zero-order chi connectivity index (χ0) is 27.7. The number of ether oxygens (including phenoxy) is 3. The first-order valence-corrected chi connectivity index (χ1v) is 12.6. The Morgan fingerprint density at radius 2 is 1.40 bits per heavy atom. The minimum atomic E-state index is -1.31. The predicted molar refractivity (Wildman–Crippen MR) is 154 cm³/mol. The summed E-state index contributed by atoms with van der Waals surface area (Å²) in [4.78, 5) is 26.0. The van der Waals surface area contributed by atoms with Crippen molar-refractivity contribution in [1.29, 1.82) is 0 Å². The van der Waals surface area contributed by atoms with Crippen LogP contribution in [0.4, 0.5) is 0 Å². The molecule has 0 spiro atoms. The summed E-state index contributed by atoms with van der Waals surface area (Å²) in [6.45, 7) is 1.91. The van der Waals surface area contributed by atoms with Gasteiger partial charge in [-0.15, -0.1) is 0 Å². The van der Waals surface area contributed by atoms with Gasteiger partial charge in [0.1, 0.15) is 17.2 Å². The molecule has 5 aromatic rings. The van der Waals surface area contributed by atoms with Crippen molar-refractivity contribution in [2.75, 3.05) is 0 Å². The molecular formula is C33H26N2O5. The third-order valence-corrected chi connectivity index (χ3v) is 5.94. The number of hydrazone groups is 1. The summed E-state index contributed by atoms with van der Waals surface area (Å²) in [6.07, 6.45) is 0.134. The van der Waals surface area contributed by atoms with Gasteiger partial charge < -0.3 is 14.2 Å². The lowest BCUT2D eigenvalue weighted by atomic mass is 10.0. The van der Waals surface area contributed by atoms with Crippen molar-refractivity contribution in [3.8, 4) is 17.2 Å². The second kappa shape index (κ2) is 12.4. The Labute approximate surface area is 231 Å². The largest absolute Gasteiger partial charge is 0.446 e. The van der Waals surface area contributed by atoms with E-state index in [0.717, 1.165) is 16.3 Å². The van der Waals surface area contributed by atoms with Gasteiger partial charge >= 0.3 is 18.2 Å². The SMILES string of the molecule is Cc1cccc(C(=O)Oc2ccc3ccccc3c2/C=N/NC(=O)C(Oc2ccccc2)Oc2ccccc2)c1. The van der Waals surface area contributed by atoms with Gasteiger partial charge in [-0.3, -0.25) is 4.79 Å². The highest BCUT2D eigenvalue weighted by atomic mass is 16.7. The molecule has 5 aromatic carbocycles. The number of benzene rings is 5. The Bertz CT molecular complexity index is 1610. The van der Waals surface area contributed by atoms with Crippen LogP contribution in [0, 0.1) is 6.92 Å². The van der Waals surface area contributed by atoms with Crippen molar-refractivity contribution in [2.24, 2.45) is 5.10 Å². The van der Waals surface area contributed by atoms with Crippen LogP contribution in [-0.2, 0) is 4.79 Å². The van der Waals surface area contributed by atoms with Gasteiger partial charge in [-0.1, -0.05) is 84.4 Å². The van der Waals surface area contributed by atoms with Crippen molar-refractivity contribution in [1.82, 2.24) is 5.43 Å². The molecule has 0 aromatic heterocycles. The second-order valence-corrected chi connectivity index (χ2v) is 8.89. The van der Waals surface area contributed by atoms with E-state index in [1.54, 1.807) is 72.8 Å². The molecule has 5 rings (SSSR count). The van der Waals surface area contributed by atoms with E-state index in [4.69, 9.17) is 14.2 Å². The van der Waals surface area contributed by atoms with Crippen molar-refractivity contribution < 1.29 is 23.8 Å². The van der Waals surface area contributed by atoms with Crippen molar-refractivity contribution >= 4 is 28.9 Å². The van der Waals surface area contributed by atoms with Gasteiger partial charge in [0, 0.05) is 5.56 Å². The normalized spacial score (nSPS) is 10.9. The van der Waals surface area contributed by atoms with Crippen LogP contribution in [0.2, 0.25) is 0 Å². The lowest BCUT2D eigenvalue weighted by Crippen LogP contribution is -2.40. The highest BCUT2D eigenvalue weighted by Crippen LogP contribution is 2.27. The van der Waals surface area contributed by atoms with Crippen molar-refractivity contribution in [2.45, 2.75) is 13.2 Å². The molecule has 0 radical (unpaired) electrons. The number of rotatable bonds is 9. The Balaban J connectivity index is 1.39. The minimum absolute atomic E-state index is 0.306. The molecule has 7 nitrogen and oxygen atoms in total. The van der Waals surface area contributed by atoms with E-state index < -0.39 is 18.2 Å². The molecule has 0 aliphatic rings. The molecule has 0 saturated heterocycles. The number of para-hydroxylation sites is 2. The van der Waals surface area contributed by atoms with E-state index in [9.17, 15) is 9.59 Å². The molecule has 0 unspecified atom stereocenters. The van der Waals surface area contributed by atoms with Crippen LogP contribution in [0.15, 0.2) is 126 Å². The van der Waals surface area contributed by atoms with Crippen LogP contribution < -0.4 is 19.6 Å². The first kappa shape index (κ1) is 26.2. The lowest BCUT2D eigenvalue weighted by molar-refractivity contribution is -0.140. The molecule has 1 amide bonds. The zero-order valence-electron chi connectivity index (χ0n) is 21.7. The molecule has 0 aliphatic heterocycles. The zero-order valence-corrected chi connectivity index (χ0v) is 21.7. The summed E-state index contributed by atoms with van der Waals surface area (Å²) >= 11 is 0. The number of amides is 1. The molecule has 0 aliphatic carbocycles. The Morgan fingerprint density at radius 3 is 2.08 bits per heavy atom. The molecule has 0 heterocycles. The van der Waals surface area contributed by atoms with Gasteiger partial charge in [0.15, 0.2) is 0 Å². The number of carbonyl (C=O) groups excluding carboxylic acids is 2. The quantitative estimate of drug-likeness (QED) is 0.0795. The molecule has 0 atom stereocenters. The van der Waals surface area contributed by atoms with E-state index in [1.807, 2.05) is 55.5 Å². The van der Waals surface area contributed by atoms with E-state index in [-0.39, 0.29) is 0 Å². The number of nitrogens with one attached hydrogen (secondary N) is 1. The predicted octanol–water partition coefficient (Wildman–Crippen LogP) is 6.30. The van der Waals surface area contributed by atoms with Gasteiger partial charge in [0.25, 0.3) is 0 Å². The Hall–Kier alpha value is -5.43. The maximum atomic E-state index is 13.1. The van der Waals surface area contributed by atoms with Crippen LogP contribution in [0.5, 0.6) is 17.2 Å². The second-order valence-electron chi connectivity index (χ2n) is 8.89. The van der Waals surface area contributed by atoms with Crippen LogP contribution >= 0.6 is 0 Å². The smallest absolute Gasteiger partial charge is 0.343 e. The van der Waals surface area contributed by atoms with Crippen molar-refractivity contribution in [3.63, 3.8) is 0 Å².